The molecule has 1 rings (SSSR count). The van der Waals surface area contributed by atoms with Gasteiger partial charge in [-0.2, -0.15) is 0 Å². The van der Waals surface area contributed by atoms with Crippen LogP contribution in [0.5, 0.6) is 0 Å². The zero-order valence-electron chi connectivity index (χ0n) is 12.0. The minimum atomic E-state index is -3.48. The van der Waals surface area contributed by atoms with Crippen LogP contribution in [0.15, 0.2) is 35.2 Å². The highest BCUT2D eigenvalue weighted by Gasteiger charge is 2.18. The highest BCUT2D eigenvalue weighted by atomic mass is 32.2. The van der Waals surface area contributed by atoms with Gasteiger partial charge in [-0.25, -0.2) is 8.42 Å². The third-order valence-corrected chi connectivity index (χ3v) is 3.61. The molecule has 0 amide bonds. The molecule has 0 aliphatic carbocycles. The summed E-state index contributed by atoms with van der Waals surface area (Å²) in [6.45, 7) is 6.68. The number of benzene rings is 1. The maximum atomic E-state index is 11.4. The Bertz CT molecular complexity index is 640. The number of nitrogens with zero attached hydrogens (tertiary/aromatic N) is 1. The molecule has 0 unspecified atom stereocenters. The number of anilines is 1. The summed E-state index contributed by atoms with van der Waals surface area (Å²) in [4.78, 5) is 10.3. The van der Waals surface area contributed by atoms with E-state index in [1.807, 2.05) is 6.92 Å². The van der Waals surface area contributed by atoms with Crippen LogP contribution in [-0.4, -0.2) is 39.4 Å². The molecule has 0 saturated carbocycles. The Morgan fingerprint density at radius 2 is 2.14 bits per heavy atom. The van der Waals surface area contributed by atoms with Crippen molar-refractivity contribution in [1.29, 1.82) is 0 Å². The molecule has 1 aromatic rings. The number of hydrogen-bond acceptors (Lipinski definition) is 6. The van der Waals surface area contributed by atoms with E-state index < -0.39 is 14.8 Å². The van der Waals surface area contributed by atoms with Crippen LogP contribution in [0, 0.1) is 10.1 Å². The molecule has 8 heteroatoms. The molecule has 1 aromatic carbocycles. The molecule has 0 heterocycles. The number of nitro benzene ring substituents is 1. The van der Waals surface area contributed by atoms with E-state index in [-0.39, 0.29) is 16.3 Å². The first-order valence-electron chi connectivity index (χ1n) is 6.16. The summed E-state index contributed by atoms with van der Waals surface area (Å²) in [6, 6.07) is 3.76. The molecule has 0 atom stereocenters. The van der Waals surface area contributed by atoms with Gasteiger partial charge >= 0.3 is 0 Å². The van der Waals surface area contributed by atoms with Crippen LogP contribution in [-0.2, 0) is 14.6 Å². The largest absolute Gasteiger partial charge is 0.377 e. The highest BCUT2D eigenvalue weighted by molar-refractivity contribution is 7.90. The second-order valence-corrected chi connectivity index (χ2v) is 6.66. The van der Waals surface area contributed by atoms with E-state index in [0.29, 0.717) is 19.8 Å². The van der Waals surface area contributed by atoms with Gasteiger partial charge in [-0.05, 0) is 19.1 Å². The van der Waals surface area contributed by atoms with E-state index in [1.165, 1.54) is 12.1 Å². The Labute approximate surface area is 123 Å². The molecular formula is C13H18N2O5S. The molecule has 1 N–H and O–H groups in total. The van der Waals surface area contributed by atoms with Crippen molar-refractivity contribution < 1.29 is 18.1 Å². The second kappa shape index (κ2) is 7.19. The highest BCUT2D eigenvalue weighted by Crippen LogP contribution is 2.27. The first kappa shape index (κ1) is 17.1. The van der Waals surface area contributed by atoms with E-state index in [4.69, 9.17) is 4.74 Å². The van der Waals surface area contributed by atoms with Gasteiger partial charge in [0.1, 0.15) is 5.69 Å². The minimum Gasteiger partial charge on any atom is -0.377 e. The lowest BCUT2D eigenvalue weighted by molar-refractivity contribution is -0.384. The topological polar surface area (TPSA) is 98.5 Å². The lowest BCUT2D eigenvalue weighted by atomic mass is 10.2. The first-order valence-corrected chi connectivity index (χ1v) is 8.05. The van der Waals surface area contributed by atoms with Crippen LogP contribution in [0.25, 0.3) is 0 Å². The summed E-state index contributed by atoms with van der Waals surface area (Å²) in [7, 11) is -3.48. The van der Waals surface area contributed by atoms with Crippen molar-refractivity contribution in [3.05, 3.63) is 40.5 Å². The number of nitrogens with one attached hydrogen (secondary N) is 1. The van der Waals surface area contributed by atoms with Crippen molar-refractivity contribution in [1.82, 2.24) is 0 Å². The summed E-state index contributed by atoms with van der Waals surface area (Å²) < 4.78 is 28.1. The molecule has 0 bridgehead atoms. The Morgan fingerprint density at radius 1 is 1.48 bits per heavy atom. The molecule has 0 spiro atoms. The van der Waals surface area contributed by atoms with E-state index in [1.54, 1.807) is 0 Å². The molecule has 0 saturated heterocycles. The average Bonchev–Trinajstić information content (AvgIpc) is 2.36. The molecule has 0 radical (unpaired) electrons. The quantitative estimate of drug-likeness (QED) is 0.341. The van der Waals surface area contributed by atoms with Crippen LogP contribution in [0.3, 0.4) is 0 Å². The number of hydrogen-bond donors (Lipinski definition) is 1. The van der Waals surface area contributed by atoms with Crippen molar-refractivity contribution in [3.8, 4) is 0 Å². The van der Waals surface area contributed by atoms with Gasteiger partial charge in [0, 0.05) is 18.9 Å². The maximum Gasteiger partial charge on any atom is 0.293 e. The second-order valence-electron chi connectivity index (χ2n) is 4.64. The first-order chi connectivity index (χ1) is 9.71. The molecule has 7 nitrogen and oxygen atoms in total. The van der Waals surface area contributed by atoms with Gasteiger partial charge in [-0.1, -0.05) is 12.2 Å². The van der Waals surface area contributed by atoms with E-state index >= 15 is 0 Å². The van der Waals surface area contributed by atoms with E-state index in [0.717, 1.165) is 17.9 Å². The van der Waals surface area contributed by atoms with Crippen molar-refractivity contribution in [2.75, 3.05) is 31.3 Å². The van der Waals surface area contributed by atoms with Crippen LogP contribution in [0.2, 0.25) is 0 Å². The van der Waals surface area contributed by atoms with Crippen LogP contribution < -0.4 is 5.32 Å². The summed E-state index contributed by atoms with van der Waals surface area (Å²) in [6.07, 6.45) is 1.00. The van der Waals surface area contributed by atoms with Gasteiger partial charge < -0.3 is 10.1 Å². The lowest BCUT2D eigenvalue weighted by Crippen LogP contribution is -2.11. The van der Waals surface area contributed by atoms with Gasteiger partial charge in [-0.15, -0.1) is 0 Å². The monoisotopic (exact) mass is 314 g/mol. The van der Waals surface area contributed by atoms with Crippen molar-refractivity contribution in [3.63, 3.8) is 0 Å². The molecule has 21 heavy (non-hydrogen) atoms. The standard InChI is InChI=1S/C13H18N2O5S/c1-10(2)9-20-7-6-14-12-5-4-11(21(3,18)19)8-13(12)15(16)17/h4-5,8,14H,1,6-7,9H2,2-3H3. The number of nitro groups is 1. The van der Waals surface area contributed by atoms with Gasteiger partial charge in [0.25, 0.3) is 5.69 Å². The summed E-state index contributed by atoms with van der Waals surface area (Å²) in [5.41, 5.74) is 0.864. The fourth-order valence-electron chi connectivity index (χ4n) is 1.55. The molecule has 0 aliphatic rings. The molecule has 0 fully saturated rings. The van der Waals surface area contributed by atoms with E-state index in [2.05, 4.69) is 11.9 Å². The minimum absolute atomic E-state index is 0.0849. The summed E-state index contributed by atoms with van der Waals surface area (Å²) >= 11 is 0. The predicted octanol–water partition coefficient (Wildman–Crippen LogP) is 2.00. The third-order valence-electron chi connectivity index (χ3n) is 2.50. The van der Waals surface area contributed by atoms with Gasteiger partial charge in [0.2, 0.25) is 0 Å². The average molecular weight is 314 g/mol. The summed E-state index contributed by atoms with van der Waals surface area (Å²) in [5.74, 6) is 0. The van der Waals surface area contributed by atoms with Crippen molar-refractivity contribution >= 4 is 21.2 Å². The Hall–Kier alpha value is -1.93. The number of sulfone groups is 1. The fourth-order valence-corrected chi connectivity index (χ4v) is 2.19. The van der Waals surface area contributed by atoms with Crippen LogP contribution in [0.4, 0.5) is 11.4 Å². The van der Waals surface area contributed by atoms with Gasteiger partial charge in [-0.3, -0.25) is 10.1 Å². The predicted molar refractivity (Wildman–Crippen MR) is 80.3 cm³/mol. The molecule has 0 aliphatic heterocycles. The molecule has 0 aromatic heterocycles. The SMILES string of the molecule is C=C(C)COCCNc1ccc(S(C)(=O)=O)cc1[N+](=O)[O-]. The lowest BCUT2D eigenvalue weighted by Gasteiger charge is -2.09. The third kappa shape index (κ3) is 5.52. The van der Waals surface area contributed by atoms with Crippen LogP contribution >= 0.6 is 0 Å². The summed E-state index contributed by atoms with van der Waals surface area (Å²) in [5, 5.41) is 13.9. The number of ether oxygens (including phenoxy) is 1. The smallest absolute Gasteiger partial charge is 0.293 e. The Kier molecular flexibility index (Phi) is 5.86. The van der Waals surface area contributed by atoms with Gasteiger partial charge in [0.05, 0.1) is 23.0 Å². The normalized spacial score (nSPS) is 11.1. The molecule has 116 valence electrons. The Balaban J connectivity index is 2.78. The van der Waals surface area contributed by atoms with Gasteiger partial charge in [0.15, 0.2) is 9.84 Å². The Morgan fingerprint density at radius 3 is 2.67 bits per heavy atom. The maximum absolute atomic E-state index is 11.4. The van der Waals surface area contributed by atoms with Crippen molar-refractivity contribution in [2.24, 2.45) is 0 Å². The number of rotatable bonds is 8. The van der Waals surface area contributed by atoms with Crippen molar-refractivity contribution in [2.45, 2.75) is 11.8 Å². The van der Waals surface area contributed by atoms with E-state index in [9.17, 15) is 18.5 Å². The zero-order chi connectivity index (χ0) is 16.0. The zero-order valence-corrected chi connectivity index (χ0v) is 12.8. The fraction of sp³-hybridized carbons (Fsp3) is 0.385. The molecular weight excluding hydrogens is 296 g/mol. The van der Waals surface area contributed by atoms with Crippen LogP contribution in [0.1, 0.15) is 6.92 Å².